The minimum absolute atomic E-state index is 0.0120. The van der Waals surface area contributed by atoms with Gasteiger partial charge in [0.25, 0.3) is 0 Å². The quantitative estimate of drug-likeness (QED) is 0.418. The van der Waals surface area contributed by atoms with Crippen LogP contribution in [0.3, 0.4) is 0 Å². The molecule has 1 unspecified atom stereocenters. The van der Waals surface area contributed by atoms with Crippen LogP contribution in [0.2, 0.25) is 0 Å². The van der Waals surface area contributed by atoms with Crippen LogP contribution in [-0.2, 0) is 4.79 Å². The number of aliphatic carboxylic acids is 1. The number of Topliss-reactive ketones (excluding diaryl/α,β-unsaturated/α-hetero) is 1. The zero-order valence-electron chi connectivity index (χ0n) is 8.89. The van der Waals surface area contributed by atoms with Crippen molar-refractivity contribution in [2.45, 2.75) is 12.5 Å². The first-order valence-electron chi connectivity index (χ1n) is 4.86. The maximum Gasteiger partial charge on any atom is 0.337 e. The minimum Gasteiger partial charge on any atom is -0.479 e. The maximum absolute atomic E-state index is 11.5. The molecule has 0 saturated heterocycles. The number of carbonyl (C=O) groups excluding carboxylic acids is 1. The lowest BCUT2D eigenvalue weighted by atomic mass is 10.0. The van der Waals surface area contributed by atoms with Gasteiger partial charge in [-0.1, -0.05) is 0 Å². The van der Waals surface area contributed by atoms with E-state index in [4.69, 9.17) is 22.4 Å². The first-order chi connectivity index (χ1) is 7.97. The van der Waals surface area contributed by atoms with Gasteiger partial charge in [-0.3, -0.25) is 4.79 Å². The molecule has 5 nitrogen and oxygen atoms in total. The van der Waals surface area contributed by atoms with E-state index in [1.807, 2.05) is 0 Å². The fourth-order valence-corrected chi connectivity index (χ4v) is 1.52. The van der Waals surface area contributed by atoms with E-state index in [0.29, 0.717) is 0 Å². The van der Waals surface area contributed by atoms with Gasteiger partial charge >= 0.3 is 5.97 Å². The van der Waals surface area contributed by atoms with Crippen LogP contribution in [-0.4, -0.2) is 27.8 Å². The third kappa shape index (κ3) is 3.18. The number of rotatable bonds is 5. The molecule has 1 atom stereocenters. The molecule has 0 aliphatic carbocycles. The van der Waals surface area contributed by atoms with E-state index in [1.54, 1.807) is 0 Å². The van der Waals surface area contributed by atoms with Crippen LogP contribution in [0.1, 0.15) is 28.4 Å². The molecule has 4 N–H and O–H groups in total. The van der Waals surface area contributed by atoms with Crippen molar-refractivity contribution >= 4 is 29.0 Å². The first kappa shape index (κ1) is 13.5. The minimum atomic E-state index is -1.74. The zero-order chi connectivity index (χ0) is 13.0. The summed E-state index contributed by atoms with van der Waals surface area (Å²) in [6, 6.07) is 4.15. The third-order valence-electron chi connectivity index (χ3n) is 2.26. The van der Waals surface area contributed by atoms with Gasteiger partial charge in [0.2, 0.25) is 0 Å². The number of halogens is 1. The highest BCUT2D eigenvalue weighted by Gasteiger charge is 2.20. The number of hydrogen-bond donors (Lipinski definition) is 3. The highest BCUT2D eigenvalue weighted by atomic mass is 35.5. The van der Waals surface area contributed by atoms with Gasteiger partial charge in [0, 0.05) is 29.1 Å². The van der Waals surface area contributed by atoms with E-state index in [1.165, 1.54) is 18.2 Å². The molecule has 0 radical (unpaired) electrons. The molecule has 1 rings (SSSR count). The summed E-state index contributed by atoms with van der Waals surface area (Å²) in [5.74, 6) is -1.46. The SMILES string of the molecule is Nc1ccc(C(=O)CCCl)cc1C(O)C(=O)O. The molecule has 0 bridgehead atoms. The van der Waals surface area contributed by atoms with Crippen LogP contribution < -0.4 is 5.73 Å². The fraction of sp³-hybridized carbons (Fsp3) is 0.273. The number of alkyl halides is 1. The van der Waals surface area contributed by atoms with E-state index >= 15 is 0 Å². The smallest absolute Gasteiger partial charge is 0.337 e. The largest absolute Gasteiger partial charge is 0.479 e. The van der Waals surface area contributed by atoms with Crippen LogP contribution >= 0.6 is 11.6 Å². The summed E-state index contributed by atoms with van der Waals surface area (Å²) in [6.45, 7) is 0. The van der Waals surface area contributed by atoms with Crippen LogP contribution in [0.25, 0.3) is 0 Å². The summed E-state index contributed by atoms with van der Waals surface area (Å²) in [4.78, 5) is 22.2. The van der Waals surface area contributed by atoms with Gasteiger partial charge < -0.3 is 15.9 Å². The van der Waals surface area contributed by atoms with Gasteiger partial charge in [-0.05, 0) is 18.2 Å². The van der Waals surface area contributed by atoms with Crippen LogP contribution in [0.5, 0.6) is 0 Å². The molecule has 1 aromatic carbocycles. The number of benzene rings is 1. The summed E-state index contributed by atoms with van der Waals surface area (Å²) >= 11 is 5.44. The Labute approximate surface area is 103 Å². The number of carboxylic acids is 1. The lowest BCUT2D eigenvalue weighted by Gasteiger charge is -2.10. The van der Waals surface area contributed by atoms with Gasteiger partial charge in [0.1, 0.15) is 0 Å². The second kappa shape index (κ2) is 5.65. The number of ketones is 1. The van der Waals surface area contributed by atoms with Crippen LogP contribution in [0.15, 0.2) is 18.2 Å². The molecular weight excluding hydrogens is 246 g/mol. The summed E-state index contributed by atoms with van der Waals surface area (Å²) in [5, 5.41) is 18.1. The second-order valence-electron chi connectivity index (χ2n) is 3.45. The van der Waals surface area contributed by atoms with Crippen LogP contribution in [0, 0.1) is 0 Å². The average Bonchev–Trinajstić information content (AvgIpc) is 2.28. The Morgan fingerprint density at radius 2 is 2.06 bits per heavy atom. The average molecular weight is 258 g/mol. The van der Waals surface area contributed by atoms with Crippen molar-refractivity contribution in [2.75, 3.05) is 11.6 Å². The summed E-state index contributed by atoms with van der Waals surface area (Å²) < 4.78 is 0. The second-order valence-corrected chi connectivity index (χ2v) is 3.82. The molecule has 0 amide bonds. The van der Waals surface area contributed by atoms with E-state index in [0.717, 1.165) is 0 Å². The maximum atomic E-state index is 11.5. The van der Waals surface area contributed by atoms with E-state index in [9.17, 15) is 14.7 Å². The van der Waals surface area contributed by atoms with Gasteiger partial charge in [-0.15, -0.1) is 11.6 Å². The Balaban J connectivity index is 3.10. The number of carboxylic acid groups (broad SMARTS) is 1. The van der Waals surface area contributed by atoms with E-state index in [2.05, 4.69) is 0 Å². The molecule has 0 saturated carbocycles. The van der Waals surface area contributed by atoms with Crippen molar-refractivity contribution in [1.82, 2.24) is 0 Å². The van der Waals surface area contributed by atoms with Gasteiger partial charge in [0.05, 0.1) is 0 Å². The topological polar surface area (TPSA) is 101 Å². The Bertz CT molecular complexity index is 447. The Morgan fingerprint density at radius 3 is 2.59 bits per heavy atom. The number of anilines is 1. The molecule has 1 aromatic rings. The molecule has 0 spiro atoms. The third-order valence-corrected chi connectivity index (χ3v) is 2.45. The molecular formula is C11H12ClNO4. The Hall–Kier alpha value is -1.59. The number of carbonyl (C=O) groups is 2. The van der Waals surface area contributed by atoms with Gasteiger partial charge in [-0.25, -0.2) is 4.79 Å². The predicted octanol–water partition coefficient (Wildman–Crippen LogP) is 1.20. The molecule has 0 heterocycles. The number of nitrogens with two attached hydrogens (primary N) is 1. The molecule has 0 aliphatic rings. The van der Waals surface area contributed by atoms with E-state index < -0.39 is 12.1 Å². The monoisotopic (exact) mass is 257 g/mol. The summed E-state index contributed by atoms with van der Waals surface area (Å²) in [5.41, 5.74) is 5.97. The summed E-state index contributed by atoms with van der Waals surface area (Å²) in [7, 11) is 0. The fourth-order valence-electron chi connectivity index (χ4n) is 1.35. The van der Waals surface area contributed by atoms with Crippen molar-refractivity contribution in [3.63, 3.8) is 0 Å². The predicted molar refractivity (Wildman–Crippen MR) is 63.1 cm³/mol. The number of aliphatic hydroxyl groups is 1. The lowest BCUT2D eigenvalue weighted by molar-refractivity contribution is -0.146. The Morgan fingerprint density at radius 1 is 1.41 bits per heavy atom. The molecule has 6 heteroatoms. The molecule has 0 fully saturated rings. The first-order valence-corrected chi connectivity index (χ1v) is 5.40. The van der Waals surface area contributed by atoms with Crippen LogP contribution in [0.4, 0.5) is 5.69 Å². The van der Waals surface area contributed by atoms with Crippen molar-refractivity contribution in [3.8, 4) is 0 Å². The van der Waals surface area contributed by atoms with Gasteiger partial charge in [0.15, 0.2) is 11.9 Å². The number of hydrogen-bond acceptors (Lipinski definition) is 4. The zero-order valence-corrected chi connectivity index (χ0v) is 9.65. The lowest BCUT2D eigenvalue weighted by Crippen LogP contribution is -2.13. The van der Waals surface area contributed by atoms with Crippen molar-refractivity contribution in [2.24, 2.45) is 0 Å². The van der Waals surface area contributed by atoms with Crippen molar-refractivity contribution in [3.05, 3.63) is 29.3 Å². The highest BCUT2D eigenvalue weighted by Crippen LogP contribution is 2.22. The number of aliphatic hydroxyl groups excluding tert-OH is 1. The molecule has 92 valence electrons. The Kier molecular flexibility index (Phi) is 4.48. The van der Waals surface area contributed by atoms with E-state index in [-0.39, 0.29) is 34.9 Å². The highest BCUT2D eigenvalue weighted by molar-refractivity contribution is 6.19. The molecule has 17 heavy (non-hydrogen) atoms. The molecule has 0 aromatic heterocycles. The standard InChI is InChI=1S/C11H12ClNO4/c12-4-3-9(14)6-1-2-8(13)7(5-6)10(15)11(16)17/h1-2,5,10,15H,3-4,13H2,(H,16,17). The van der Waals surface area contributed by atoms with Gasteiger partial charge in [-0.2, -0.15) is 0 Å². The summed E-state index contributed by atoms with van der Waals surface area (Å²) in [6.07, 6.45) is -1.59. The normalized spacial score (nSPS) is 12.1. The van der Waals surface area contributed by atoms with Crippen molar-refractivity contribution < 1.29 is 19.8 Å². The molecule has 0 aliphatic heterocycles. The number of nitrogen functional groups attached to an aromatic ring is 1. The van der Waals surface area contributed by atoms with Crippen molar-refractivity contribution in [1.29, 1.82) is 0 Å².